The Kier molecular flexibility index (Phi) is 6.02. The second kappa shape index (κ2) is 8.58. The second-order valence-corrected chi connectivity index (χ2v) is 9.91. The van der Waals surface area contributed by atoms with Crippen LogP contribution < -0.4 is 5.32 Å². The van der Waals surface area contributed by atoms with Crippen LogP contribution in [0.2, 0.25) is 10.0 Å². The second-order valence-electron chi connectivity index (χ2n) is 7.15. The molecule has 1 fully saturated rings. The lowest BCUT2D eigenvalue weighted by molar-refractivity contribution is -0.119. The fourth-order valence-electron chi connectivity index (χ4n) is 3.39. The summed E-state index contributed by atoms with van der Waals surface area (Å²) in [5.41, 5.74) is 1.44. The van der Waals surface area contributed by atoms with Crippen molar-refractivity contribution in [1.82, 2.24) is 14.5 Å². The van der Waals surface area contributed by atoms with Crippen LogP contribution in [0, 0.1) is 6.92 Å². The minimum absolute atomic E-state index is 0.121. The fraction of sp³-hybridized carbons (Fsp3) is 0.250. The fourth-order valence-corrected chi connectivity index (χ4v) is 5.57. The third-order valence-electron chi connectivity index (χ3n) is 4.90. The van der Waals surface area contributed by atoms with E-state index in [-0.39, 0.29) is 23.3 Å². The quantitative estimate of drug-likeness (QED) is 0.587. The standard InChI is InChI=1S/C20H18Cl2N4O4S/c1-12-4-6-16(7-5-12)31(28,29)26-8-2-3-17(26)18(27)23-20-25-24-19(30-20)13-9-14(21)11-15(22)10-13/h4-7,9-11,17H,2-3,8H2,1H3,(H,23,25,27). The monoisotopic (exact) mass is 480 g/mol. The van der Waals surface area contributed by atoms with Crippen LogP contribution in [0.25, 0.3) is 11.5 Å². The molecule has 2 aromatic carbocycles. The maximum atomic E-state index is 13.0. The summed E-state index contributed by atoms with van der Waals surface area (Å²) >= 11 is 12.0. The zero-order valence-corrected chi connectivity index (χ0v) is 18.7. The van der Waals surface area contributed by atoms with E-state index < -0.39 is 22.0 Å². The molecule has 8 nitrogen and oxygen atoms in total. The minimum Gasteiger partial charge on any atom is -0.403 e. The van der Waals surface area contributed by atoms with Gasteiger partial charge in [0.2, 0.25) is 21.8 Å². The van der Waals surface area contributed by atoms with Gasteiger partial charge in [0.05, 0.1) is 4.90 Å². The molecule has 0 radical (unpaired) electrons. The first kappa shape index (κ1) is 21.8. The van der Waals surface area contributed by atoms with E-state index in [4.69, 9.17) is 27.6 Å². The molecular formula is C20H18Cl2N4O4S. The van der Waals surface area contributed by atoms with Crippen molar-refractivity contribution in [2.24, 2.45) is 0 Å². The van der Waals surface area contributed by atoms with Crippen LogP contribution in [-0.4, -0.2) is 41.4 Å². The van der Waals surface area contributed by atoms with Gasteiger partial charge < -0.3 is 4.42 Å². The van der Waals surface area contributed by atoms with Crippen LogP contribution in [0.3, 0.4) is 0 Å². The van der Waals surface area contributed by atoms with Crippen LogP contribution >= 0.6 is 23.2 Å². The Morgan fingerprint density at radius 1 is 1.13 bits per heavy atom. The van der Waals surface area contributed by atoms with Gasteiger partial charge in [0.1, 0.15) is 6.04 Å². The number of rotatable bonds is 5. The first-order valence-corrected chi connectivity index (χ1v) is 11.6. The molecule has 1 aliphatic rings. The lowest BCUT2D eigenvalue weighted by Gasteiger charge is -2.22. The van der Waals surface area contributed by atoms with E-state index in [1.54, 1.807) is 42.5 Å². The molecule has 1 saturated heterocycles. The number of nitrogens with one attached hydrogen (secondary N) is 1. The molecular weight excluding hydrogens is 463 g/mol. The Labute approximate surface area is 189 Å². The van der Waals surface area contributed by atoms with E-state index in [2.05, 4.69) is 15.5 Å². The van der Waals surface area contributed by atoms with Gasteiger partial charge in [-0.15, -0.1) is 5.10 Å². The largest absolute Gasteiger partial charge is 0.403 e. The van der Waals surface area contributed by atoms with Crippen molar-refractivity contribution in [3.8, 4) is 11.5 Å². The normalized spacial score (nSPS) is 17.1. The number of carbonyl (C=O) groups excluding carboxylic acids is 1. The number of benzene rings is 2. The summed E-state index contributed by atoms with van der Waals surface area (Å²) in [5.74, 6) is -0.414. The Balaban J connectivity index is 1.52. The highest BCUT2D eigenvalue weighted by Crippen LogP contribution is 2.29. The molecule has 11 heteroatoms. The molecule has 1 unspecified atom stereocenters. The molecule has 2 heterocycles. The number of anilines is 1. The molecule has 4 rings (SSSR count). The molecule has 1 aliphatic heterocycles. The van der Waals surface area contributed by atoms with E-state index in [1.807, 2.05) is 6.92 Å². The Hall–Kier alpha value is -2.46. The number of aryl methyl sites for hydroxylation is 1. The van der Waals surface area contributed by atoms with Gasteiger partial charge in [0, 0.05) is 22.2 Å². The van der Waals surface area contributed by atoms with Crippen LogP contribution in [0.4, 0.5) is 6.01 Å². The van der Waals surface area contributed by atoms with Gasteiger partial charge in [0.25, 0.3) is 0 Å². The molecule has 0 bridgehead atoms. The summed E-state index contributed by atoms with van der Waals surface area (Å²) < 4.78 is 32.8. The average molecular weight is 481 g/mol. The summed E-state index contributed by atoms with van der Waals surface area (Å²) in [6, 6.07) is 10.3. The number of halogens is 2. The van der Waals surface area contributed by atoms with Crippen LogP contribution in [0.15, 0.2) is 51.8 Å². The number of aromatic nitrogens is 2. The zero-order chi connectivity index (χ0) is 22.2. The van der Waals surface area contributed by atoms with Gasteiger partial charge in [-0.05, 0) is 50.1 Å². The van der Waals surface area contributed by atoms with E-state index in [1.165, 1.54) is 4.31 Å². The van der Waals surface area contributed by atoms with Crippen molar-refractivity contribution >= 4 is 45.1 Å². The number of carbonyl (C=O) groups is 1. The van der Waals surface area contributed by atoms with E-state index in [0.29, 0.717) is 28.5 Å². The Bertz CT molecular complexity index is 1210. The molecule has 31 heavy (non-hydrogen) atoms. The highest BCUT2D eigenvalue weighted by atomic mass is 35.5. The number of hydrogen-bond donors (Lipinski definition) is 1. The summed E-state index contributed by atoms with van der Waals surface area (Å²) in [6.07, 6.45) is 0.959. The lowest BCUT2D eigenvalue weighted by atomic mass is 10.2. The molecule has 1 aromatic heterocycles. The van der Waals surface area contributed by atoms with Crippen molar-refractivity contribution < 1.29 is 17.6 Å². The maximum Gasteiger partial charge on any atom is 0.322 e. The van der Waals surface area contributed by atoms with Crippen molar-refractivity contribution in [3.63, 3.8) is 0 Å². The number of nitrogens with zero attached hydrogens (tertiary/aromatic N) is 3. The highest BCUT2D eigenvalue weighted by molar-refractivity contribution is 7.89. The van der Waals surface area contributed by atoms with Crippen LogP contribution in [0.1, 0.15) is 18.4 Å². The van der Waals surface area contributed by atoms with Gasteiger partial charge in [-0.25, -0.2) is 8.42 Å². The molecule has 0 saturated carbocycles. The van der Waals surface area contributed by atoms with Gasteiger partial charge in [-0.3, -0.25) is 10.1 Å². The van der Waals surface area contributed by atoms with Gasteiger partial charge in [-0.1, -0.05) is 46.0 Å². The maximum absolute atomic E-state index is 13.0. The molecule has 1 amide bonds. The zero-order valence-electron chi connectivity index (χ0n) is 16.4. The molecule has 3 aromatic rings. The average Bonchev–Trinajstić information content (AvgIpc) is 3.37. The third kappa shape index (κ3) is 4.59. The summed E-state index contributed by atoms with van der Waals surface area (Å²) in [6.45, 7) is 2.13. The van der Waals surface area contributed by atoms with Crippen molar-refractivity contribution in [3.05, 3.63) is 58.1 Å². The van der Waals surface area contributed by atoms with Gasteiger partial charge in [0.15, 0.2) is 0 Å². The molecule has 0 spiro atoms. The first-order chi connectivity index (χ1) is 14.7. The minimum atomic E-state index is -3.81. The summed E-state index contributed by atoms with van der Waals surface area (Å²) in [7, 11) is -3.81. The Morgan fingerprint density at radius 3 is 2.48 bits per heavy atom. The molecule has 1 N–H and O–H groups in total. The topological polar surface area (TPSA) is 105 Å². The number of hydrogen-bond acceptors (Lipinski definition) is 6. The predicted molar refractivity (Wildman–Crippen MR) is 116 cm³/mol. The van der Waals surface area contributed by atoms with Crippen LogP contribution in [-0.2, 0) is 14.8 Å². The third-order valence-corrected chi connectivity index (χ3v) is 7.26. The summed E-state index contributed by atoms with van der Waals surface area (Å²) in [4.78, 5) is 13.0. The highest BCUT2D eigenvalue weighted by Gasteiger charge is 2.39. The van der Waals surface area contributed by atoms with Gasteiger partial charge in [-0.2, -0.15) is 4.31 Å². The molecule has 1 atom stereocenters. The van der Waals surface area contributed by atoms with Gasteiger partial charge >= 0.3 is 6.01 Å². The Morgan fingerprint density at radius 2 is 1.81 bits per heavy atom. The van der Waals surface area contributed by atoms with Crippen molar-refractivity contribution in [1.29, 1.82) is 0 Å². The SMILES string of the molecule is Cc1ccc(S(=O)(=O)N2CCCC2C(=O)Nc2nnc(-c3cc(Cl)cc(Cl)c3)o2)cc1. The summed E-state index contributed by atoms with van der Waals surface area (Å²) in [5, 5.41) is 11.0. The van der Waals surface area contributed by atoms with E-state index in [0.717, 1.165) is 5.56 Å². The van der Waals surface area contributed by atoms with Crippen LogP contribution in [0.5, 0.6) is 0 Å². The molecule has 0 aliphatic carbocycles. The smallest absolute Gasteiger partial charge is 0.322 e. The van der Waals surface area contributed by atoms with Crippen molar-refractivity contribution in [2.45, 2.75) is 30.7 Å². The van der Waals surface area contributed by atoms with E-state index in [9.17, 15) is 13.2 Å². The molecule has 162 valence electrons. The number of sulfonamides is 1. The predicted octanol–water partition coefficient (Wildman–Crippen LogP) is 4.14. The van der Waals surface area contributed by atoms with E-state index >= 15 is 0 Å². The van der Waals surface area contributed by atoms with Crippen molar-refractivity contribution in [2.75, 3.05) is 11.9 Å². The lowest BCUT2D eigenvalue weighted by Crippen LogP contribution is -2.43. The number of amides is 1. The first-order valence-electron chi connectivity index (χ1n) is 9.43.